The first kappa shape index (κ1) is 12.9. The number of hydrogen-bond donors (Lipinski definition) is 2. The van der Waals surface area contributed by atoms with Crippen molar-refractivity contribution in [2.24, 2.45) is 17.6 Å². The molecule has 0 spiro atoms. The molecular weight excluding hydrogens is 188 g/mol. The Morgan fingerprint density at radius 1 is 1.53 bits per heavy atom. The molecule has 0 radical (unpaired) electrons. The minimum absolute atomic E-state index is 0.0778. The van der Waals surface area contributed by atoms with Gasteiger partial charge in [-0.1, -0.05) is 13.8 Å². The quantitative estimate of drug-likeness (QED) is 0.719. The van der Waals surface area contributed by atoms with E-state index >= 15 is 0 Å². The molecule has 1 saturated heterocycles. The van der Waals surface area contributed by atoms with Crippen molar-refractivity contribution < 1.29 is 5.11 Å². The Morgan fingerprint density at radius 3 is 2.67 bits per heavy atom. The van der Waals surface area contributed by atoms with Gasteiger partial charge in [0.25, 0.3) is 0 Å². The average molecular weight is 214 g/mol. The predicted octanol–water partition coefficient (Wildman–Crippen LogP) is 1.06. The second-order valence-electron chi connectivity index (χ2n) is 5.66. The zero-order valence-electron chi connectivity index (χ0n) is 10.4. The molecule has 0 aromatic heterocycles. The number of nitrogens with two attached hydrogens (primary N) is 1. The maximum Gasteiger partial charge on any atom is 0.0608 e. The SMILES string of the molecule is CC(C)C1CCN(CCC(C)(N)CO)C1. The van der Waals surface area contributed by atoms with Crippen LogP contribution in [0.4, 0.5) is 0 Å². The number of nitrogens with zero attached hydrogens (tertiary/aromatic N) is 1. The van der Waals surface area contributed by atoms with E-state index in [4.69, 9.17) is 10.8 Å². The zero-order valence-corrected chi connectivity index (χ0v) is 10.4. The lowest BCUT2D eigenvalue weighted by molar-refractivity contribution is 0.181. The largest absolute Gasteiger partial charge is 0.394 e. The van der Waals surface area contributed by atoms with Crippen molar-refractivity contribution in [2.75, 3.05) is 26.2 Å². The third kappa shape index (κ3) is 4.09. The van der Waals surface area contributed by atoms with Crippen molar-refractivity contribution in [1.82, 2.24) is 4.90 Å². The molecule has 0 aromatic carbocycles. The molecule has 0 aromatic rings. The lowest BCUT2D eigenvalue weighted by Gasteiger charge is -2.25. The number of hydrogen-bond acceptors (Lipinski definition) is 3. The lowest BCUT2D eigenvalue weighted by atomic mass is 9.95. The smallest absolute Gasteiger partial charge is 0.0608 e. The third-order valence-electron chi connectivity index (χ3n) is 3.61. The fourth-order valence-corrected chi connectivity index (χ4v) is 2.10. The van der Waals surface area contributed by atoms with Crippen LogP contribution in [0.2, 0.25) is 0 Å². The van der Waals surface area contributed by atoms with Crippen molar-refractivity contribution in [1.29, 1.82) is 0 Å². The van der Waals surface area contributed by atoms with Gasteiger partial charge in [0.05, 0.1) is 6.61 Å². The van der Waals surface area contributed by atoms with E-state index in [0.717, 1.165) is 24.8 Å². The number of likely N-dealkylation sites (tertiary alicyclic amines) is 1. The molecule has 3 heteroatoms. The van der Waals surface area contributed by atoms with Gasteiger partial charge >= 0.3 is 0 Å². The van der Waals surface area contributed by atoms with Gasteiger partial charge in [-0.2, -0.15) is 0 Å². The monoisotopic (exact) mass is 214 g/mol. The van der Waals surface area contributed by atoms with E-state index in [0.29, 0.717) is 0 Å². The van der Waals surface area contributed by atoms with E-state index in [2.05, 4.69) is 18.7 Å². The van der Waals surface area contributed by atoms with Gasteiger partial charge in [-0.15, -0.1) is 0 Å². The van der Waals surface area contributed by atoms with Crippen LogP contribution in [0.1, 0.15) is 33.6 Å². The summed E-state index contributed by atoms with van der Waals surface area (Å²) < 4.78 is 0. The van der Waals surface area contributed by atoms with Crippen molar-refractivity contribution in [3.8, 4) is 0 Å². The molecule has 0 bridgehead atoms. The van der Waals surface area contributed by atoms with Gasteiger partial charge in [0.1, 0.15) is 0 Å². The molecular formula is C12H26N2O. The Morgan fingerprint density at radius 2 is 2.20 bits per heavy atom. The summed E-state index contributed by atoms with van der Waals surface area (Å²) in [4.78, 5) is 2.48. The van der Waals surface area contributed by atoms with Crippen molar-refractivity contribution in [2.45, 2.75) is 39.2 Å². The number of rotatable bonds is 5. The van der Waals surface area contributed by atoms with Crippen LogP contribution in [-0.4, -0.2) is 41.8 Å². The van der Waals surface area contributed by atoms with E-state index in [1.807, 2.05) is 6.92 Å². The molecule has 3 nitrogen and oxygen atoms in total. The van der Waals surface area contributed by atoms with Crippen LogP contribution in [0.3, 0.4) is 0 Å². The molecule has 1 rings (SSSR count). The summed E-state index contributed by atoms with van der Waals surface area (Å²) in [5, 5.41) is 9.06. The predicted molar refractivity (Wildman–Crippen MR) is 63.7 cm³/mol. The van der Waals surface area contributed by atoms with E-state index in [-0.39, 0.29) is 6.61 Å². The molecule has 1 aliphatic rings. The van der Waals surface area contributed by atoms with E-state index in [9.17, 15) is 0 Å². The second-order valence-corrected chi connectivity index (χ2v) is 5.66. The highest BCUT2D eigenvalue weighted by atomic mass is 16.3. The molecule has 1 fully saturated rings. The average Bonchev–Trinajstić information content (AvgIpc) is 2.63. The highest BCUT2D eigenvalue weighted by Gasteiger charge is 2.26. The van der Waals surface area contributed by atoms with Gasteiger partial charge in [-0.25, -0.2) is 0 Å². The molecule has 90 valence electrons. The molecule has 1 aliphatic heterocycles. The van der Waals surface area contributed by atoms with Gasteiger partial charge in [-0.05, 0) is 44.7 Å². The topological polar surface area (TPSA) is 49.5 Å². The molecule has 0 aliphatic carbocycles. The molecule has 0 amide bonds. The van der Waals surface area contributed by atoms with Gasteiger partial charge < -0.3 is 15.7 Å². The van der Waals surface area contributed by atoms with Crippen molar-refractivity contribution in [3.63, 3.8) is 0 Å². The maximum atomic E-state index is 9.06. The first-order chi connectivity index (χ1) is 6.94. The van der Waals surface area contributed by atoms with Crippen LogP contribution in [0.25, 0.3) is 0 Å². The van der Waals surface area contributed by atoms with E-state index in [1.54, 1.807) is 0 Å². The highest BCUT2D eigenvalue weighted by molar-refractivity contribution is 4.82. The Hall–Kier alpha value is -0.120. The van der Waals surface area contributed by atoms with Gasteiger partial charge in [0.2, 0.25) is 0 Å². The number of aliphatic hydroxyl groups is 1. The summed E-state index contributed by atoms with van der Waals surface area (Å²) in [6.45, 7) is 10.0. The van der Waals surface area contributed by atoms with Crippen LogP contribution >= 0.6 is 0 Å². The Balaban J connectivity index is 2.25. The fraction of sp³-hybridized carbons (Fsp3) is 1.00. The van der Waals surface area contributed by atoms with Crippen LogP contribution in [0.5, 0.6) is 0 Å². The van der Waals surface area contributed by atoms with Crippen LogP contribution in [0.15, 0.2) is 0 Å². The van der Waals surface area contributed by atoms with Gasteiger partial charge in [0, 0.05) is 12.1 Å². The zero-order chi connectivity index (χ0) is 11.5. The minimum Gasteiger partial charge on any atom is -0.394 e. The Bertz CT molecular complexity index is 192. The van der Waals surface area contributed by atoms with E-state index < -0.39 is 5.54 Å². The lowest BCUT2D eigenvalue weighted by Crippen LogP contribution is -2.43. The van der Waals surface area contributed by atoms with Crippen molar-refractivity contribution >= 4 is 0 Å². The molecule has 3 N–H and O–H groups in total. The maximum absolute atomic E-state index is 9.06. The molecule has 0 saturated carbocycles. The summed E-state index contributed by atoms with van der Waals surface area (Å²) in [5.74, 6) is 1.64. The van der Waals surface area contributed by atoms with Crippen LogP contribution in [0, 0.1) is 11.8 Å². The van der Waals surface area contributed by atoms with E-state index in [1.165, 1.54) is 19.5 Å². The summed E-state index contributed by atoms with van der Waals surface area (Å²) in [7, 11) is 0. The van der Waals surface area contributed by atoms with Crippen LogP contribution in [-0.2, 0) is 0 Å². The Kier molecular flexibility index (Phi) is 4.56. The summed E-state index contributed by atoms with van der Waals surface area (Å²) in [6.07, 6.45) is 2.20. The first-order valence-electron chi connectivity index (χ1n) is 6.07. The third-order valence-corrected chi connectivity index (χ3v) is 3.61. The normalized spacial score (nSPS) is 27.2. The Labute approximate surface area is 93.6 Å². The summed E-state index contributed by atoms with van der Waals surface area (Å²) in [6, 6.07) is 0. The van der Waals surface area contributed by atoms with Crippen LogP contribution < -0.4 is 5.73 Å². The molecule has 15 heavy (non-hydrogen) atoms. The first-order valence-corrected chi connectivity index (χ1v) is 6.07. The van der Waals surface area contributed by atoms with Crippen molar-refractivity contribution in [3.05, 3.63) is 0 Å². The van der Waals surface area contributed by atoms with Gasteiger partial charge in [0.15, 0.2) is 0 Å². The standard InChI is InChI=1S/C12H26N2O/c1-10(2)11-4-6-14(8-11)7-5-12(3,13)9-15/h10-11,15H,4-9,13H2,1-3H3. The number of aliphatic hydroxyl groups excluding tert-OH is 1. The van der Waals surface area contributed by atoms with Gasteiger partial charge in [-0.3, -0.25) is 0 Å². The highest BCUT2D eigenvalue weighted by Crippen LogP contribution is 2.24. The fourth-order valence-electron chi connectivity index (χ4n) is 2.10. The molecule has 2 unspecified atom stereocenters. The summed E-state index contributed by atoms with van der Waals surface area (Å²) in [5.41, 5.74) is 5.51. The minimum atomic E-state index is -0.407. The molecule has 1 heterocycles. The molecule has 2 atom stereocenters. The second kappa shape index (κ2) is 5.28. The summed E-state index contributed by atoms with van der Waals surface area (Å²) >= 11 is 0.